The van der Waals surface area contributed by atoms with Crippen molar-refractivity contribution in [2.45, 2.75) is 39.0 Å². The van der Waals surface area contributed by atoms with E-state index < -0.39 is 23.8 Å². The molecule has 0 saturated carbocycles. The van der Waals surface area contributed by atoms with Crippen molar-refractivity contribution in [1.29, 1.82) is 0 Å². The number of nitrogens with zero attached hydrogens (tertiary/aromatic N) is 4. The van der Waals surface area contributed by atoms with Crippen molar-refractivity contribution in [2.24, 2.45) is 5.10 Å². The fourth-order valence-corrected chi connectivity index (χ4v) is 4.08. The second-order valence-corrected chi connectivity index (χ2v) is 8.25. The van der Waals surface area contributed by atoms with E-state index in [1.54, 1.807) is 18.5 Å². The van der Waals surface area contributed by atoms with E-state index in [2.05, 4.69) is 39.5 Å². The summed E-state index contributed by atoms with van der Waals surface area (Å²) in [6.45, 7) is 5.96. The summed E-state index contributed by atoms with van der Waals surface area (Å²) in [4.78, 5) is 19.6. The number of hydrazone groups is 1. The van der Waals surface area contributed by atoms with Gasteiger partial charge in [-0.3, -0.25) is 9.78 Å². The monoisotopic (exact) mass is 484 g/mol. The van der Waals surface area contributed by atoms with Crippen LogP contribution in [0.5, 0.6) is 0 Å². The van der Waals surface area contributed by atoms with Crippen molar-refractivity contribution in [3.8, 4) is 0 Å². The largest absolute Gasteiger partial charge is 0.417 e. The minimum absolute atomic E-state index is 0.0507. The molecule has 4 rings (SSSR count). The normalized spacial score (nSPS) is 16.8. The van der Waals surface area contributed by atoms with Crippen LogP contribution in [0.15, 0.2) is 71.9 Å². The van der Waals surface area contributed by atoms with Crippen LogP contribution in [0.25, 0.3) is 0 Å². The van der Waals surface area contributed by atoms with Crippen molar-refractivity contribution in [1.82, 2.24) is 15.3 Å². The molecule has 0 spiro atoms. The number of alkyl halides is 3. The molecule has 7 nitrogen and oxygen atoms in total. The number of carbonyl (C=O) groups excluding carboxylic acids is 1. The summed E-state index contributed by atoms with van der Waals surface area (Å²) in [5, 5.41) is 11.6. The predicted octanol–water partition coefficient (Wildman–Crippen LogP) is 4.71. The average molecular weight is 485 g/mol. The standard InChI is InChI=1S/C25H27F3N6O/c1-3-11-33(12-4-2)18-13-17(14-29-15-18)31-24(35)22-16-30-23-10-9-21(32-34(22)23)19-7-5-6-8-20(19)25(26,27)28/h5-10,13-16,23,30H,3-4,11-12H2,1-2H3,(H,31,35). The third-order valence-electron chi connectivity index (χ3n) is 5.63. The van der Waals surface area contributed by atoms with E-state index in [0.717, 1.165) is 37.7 Å². The molecule has 0 saturated heterocycles. The molecule has 1 atom stereocenters. The summed E-state index contributed by atoms with van der Waals surface area (Å²) in [5.74, 6) is -0.445. The summed E-state index contributed by atoms with van der Waals surface area (Å²) in [5.41, 5.74) is 0.905. The maximum absolute atomic E-state index is 13.5. The topological polar surface area (TPSA) is 72.9 Å². The molecule has 0 radical (unpaired) electrons. The first kappa shape index (κ1) is 24.3. The maximum Gasteiger partial charge on any atom is 0.417 e. The van der Waals surface area contributed by atoms with Crippen molar-refractivity contribution in [2.75, 3.05) is 23.3 Å². The zero-order chi connectivity index (χ0) is 25.0. The minimum atomic E-state index is -4.52. The molecular formula is C25H27F3N6O. The first-order valence-corrected chi connectivity index (χ1v) is 11.5. The van der Waals surface area contributed by atoms with Crippen molar-refractivity contribution in [3.05, 3.63) is 77.9 Å². The van der Waals surface area contributed by atoms with Crippen molar-refractivity contribution < 1.29 is 18.0 Å². The lowest BCUT2D eigenvalue weighted by Gasteiger charge is -2.26. The Morgan fingerprint density at radius 1 is 1.17 bits per heavy atom. The molecule has 2 N–H and O–H groups in total. The number of nitrogens with one attached hydrogen (secondary N) is 2. The van der Waals surface area contributed by atoms with Gasteiger partial charge in [0.25, 0.3) is 5.91 Å². The minimum Gasteiger partial charge on any atom is -0.370 e. The van der Waals surface area contributed by atoms with E-state index in [4.69, 9.17) is 0 Å². The van der Waals surface area contributed by atoms with Crippen LogP contribution < -0.4 is 15.5 Å². The maximum atomic E-state index is 13.5. The quantitative estimate of drug-likeness (QED) is 0.568. The van der Waals surface area contributed by atoms with E-state index in [1.165, 1.54) is 35.5 Å². The lowest BCUT2D eigenvalue weighted by atomic mass is 10.0. The zero-order valence-electron chi connectivity index (χ0n) is 19.5. The Morgan fingerprint density at radius 2 is 1.91 bits per heavy atom. The Labute approximate surface area is 202 Å². The van der Waals surface area contributed by atoms with Crippen LogP contribution >= 0.6 is 0 Å². The van der Waals surface area contributed by atoms with Crippen LogP contribution in [0.3, 0.4) is 0 Å². The SMILES string of the molecule is CCCN(CCC)c1cncc(NC(=O)C2=CNC3C=CC(c4ccccc4C(F)(F)F)=NN23)c1. The molecule has 1 amide bonds. The van der Waals surface area contributed by atoms with Gasteiger partial charge in [-0.2, -0.15) is 18.3 Å². The highest BCUT2D eigenvalue weighted by Crippen LogP contribution is 2.33. The highest BCUT2D eigenvalue weighted by Gasteiger charge is 2.36. The Morgan fingerprint density at radius 3 is 2.63 bits per heavy atom. The molecule has 1 unspecified atom stereocenters. The second kappa shape index (κ2) is 10.2. The summed E-state index contributed by atoms with van der Waals surface area (Å²) in [6, 6.07) is 7.11. The van der Waals surface area contributed by atoms with Crippen LogP contribution in [-0.4, -0.2) is 40.9 Å². The lowest BCUT2D eigenvalue weighted by molar-refractivity contribution is -0.137. The first-order valence-electron chi connectivity index (χ1n) is 11.5. The fourth-order valence-electron chi connectivity index (χ4n) is 4.08. The fraction of sp³-hybridized carbons (Fsp3) is 0.320. The van der Waals surface area contributed by atoms with E-state index in [0.29, 0.717) is 5.69 Å². The molecule has 2 aliphatic heterocycles. The summed E-state index contributed by atoms with van der Waals surface area (Å²) in [6.07, 6.45) is 4.99. The molecule has 0 fully saturated rings. The van der Waals surface area contributed by atoms with Crippen LogP contribution in [0.2, 0.25) is 0 Å². The van der Waals surface area contributed by atoms with Crippen LogP contribution in [0.1, 0.15) is 37.8 Å². The molecule has 0 bridgehead atoms. The Hall–Kier alpha value is -3.82. The number of benzene rings is 1. The van der Waals surface area contributed by atoms with Gasteiger partial charge in [0.05, 0.1) is 35.0 Å². The Bertz CT molecular complexity index is 1170. The van der Waals surface area contributed by atoms with E-state index in [-0.39, 0.29) is 17.0 Å². The molecule has 3 heterocycles. The number of halogens is 3. The van der Waals surface area contributed by atoms with Gasteiger partial charge in [-0.25, -0.2) is 5.01 Å². The number of carbonyl (C=O) groups is 1. The van der Waals surface area contributed by atoms with Crippen LogP contribution in [0, 0.1) is 0 Å². The van der Waals surface area contributed by atoms with Crippen LogP contribution in [-0.2, 0) is 11.0 Å². The van der Waals surface area contributed by atoms with E-state index in [1.807, 2.05) is 6.07 Å². The Balaban J connectivity index is 1.55. The highest BCUT2D eigenvalue weighted by molar-refractivity contribution is 6.11. The molecule has 10 heteroatoms. The van der Waals surface area contributed by atoms with Crippen molar-refractivity contribution >= 4 is 23.0 Å². The number of rotatable bonds is 8. The van der Waals surface area contributed by atoms with Gasteiger partial charge in [0.15, 0.2) is 0 Å². The van der Waals surface area contributed by atoms with Gasteiger partial charge in [0.2, 0.25) is 0 Å². The van der Waals surface area contributed by atoms with E-state index in [9.17, 15) is 18.0 Å². The number of hydrogen-bond donors (Lipinski definition) is 2. The molecule has 35 heavy (non-hydrogen) atoms. The summed E-state index contributed by atoms with van der Waals surface area (Å²) >= 11 is 0. The number of fused-ring (bicyclic) bond motifs is 1. The predicted molar refractivity (Wildman–Crippen MR) is 130 cm³/mol. The van der Waals surface area contributed by atoms with Crippen molar-refractivity contribution in [3.63, 3.8) is 0 Å². The number of aromatic nitrogens is 1. The van der Waals surface area contributed by atoms with Gasteiger partial charge in [0.1, 0.15) is 11.9 Å². The first-order chi connectivity index (χ1) is 16.8. The second-order valence-electron chi connectivity index (χ2n) is 8.25. The van der Waals surface area contributed by atoms with Gasteiger partial charge >= 0.3 is 6.18 Å². The average Bonchev–Trinajstić information content (AvgIpc) is 3.27. The van der Waals surface area contributed by atoms with E-state index >= 15 is 0 Å². The third kappa shape index (κ3) is 5.31. The van der Waals surface area contributed by atoms with Gasteiger partial charge in [-0.15, -0.1) is 0 Å². The van der Waals surface area contributed by atoms with Gasteiger partial charge in [0, 0.05) is 24.9 Å². The number of hydrogen-bond acceptors (Lipinski definition) is 6. The summed E-state index contributed by atoms with van der Waals surface area (Å²) in [7, 11) is 0. The molecular weight excluding hydrogens is 457 g/mol. The van der Waals surface area contributed by atoms with Gasteiger partial charge < -0.3 is 15.5 Å². The number of pyridine rings is 1. The molecule has 2 aliphatic rings. The molecule has 184 valence electrons. The highest BCUT2D eigenvalue weighted by atomic mass is 19.4. The summed E-state index contributed by atoms with van der Waals surface area (Å²) < 4.78 is 40.5. The molecule has 2 aromatic rings. The number of amides is 1. The Kier molecular flexibility index (Phi) is 7.09. The van der Waals surface area contributed by atoms with Crippen LogP contribution in [0.4, 0.5) is 24.5 Å². The zero-order valence-corrected chi connectivity index (χ0v) is 19.5. The van der Waals surface area contributed by atoms with Gasteiger partial charge in [-0.05, 0) is 37.1 Å². The smallest absolute Gasteiger partial charge is 0.370 e. The van der Waals surface area contributed by atoms with Gasteiger partial charge in [-0.1, -0.05) is 32.0 Å². The molecule has 0 aliphatic carbocycles. The number of anilines is 2. The lowest BCUT2D eigenvalue weighted by Crippen LogP contribution is -2.37. The molecule has 1 aromatic heterocycles. The number of allylic oxidation sites excluding steroid dienone is 1. The third-order valence-corrected chi connectivity index (χ3v) is 5.63. The molecule has 1 aromatic carbocycles.